The number of aliphatic hydroxyl groups excluding tert-OH is 1. The van der Waals surface area contributed by atoms with Crippen molar-refractivity contribution in [3.8, 4) is 0 Å². The van der Waals surface area contributed by atoms with Crippen LogP contribution in [0.3, 0.4) is 0 Å². The molecule has 0 saturated carbocycles. The number of aromatic nitrogens is 1. The maximum absolute atomic E-state index is 9.77. The van der Waals surface area contributed by atoms with Crippen LogP contribution in [-0.4, -0.2) is 16.2 Å². The topological polar surface area (TPSA) is 33.1 Å². The van der Waals surface area contributed by atoms with Gasteiger partial charge in [-0.25, -0.2) is 4.98 Å². The lowest BCUT2D eigenvalue weighted by molar-refractivity contribution is 0.164. The van der Waals surface area contributed by atoms with Gasteiger partial charge in [0.15, 0.2) is 0 Å². The molecular formula is C15H23NOS. The van der Waals surface area contributed by atoms with Gasteiger partial charge in [-0.05, 0) is 30.4 Å². The maximum Gasteiger partial charge on any atom is 0.100 e. The summed E-state index contributed by atoms with van der Waals surface area (Å²) in [4.78, 5) is 4.21. The van der Waals surface area contributed by atoms with Crippen LogP contribution in [0.25, 0.3) is 0 Å². The summed E-state index contributed by atoms with van der Waals surface area (Å²) >= 11 is 1.59. The molecule has 1 aromatic rings. The average Bonchev–Trinajstić information content (AvgIpc) is 2.41. The fourth-order valence-corrected chi connectivity index (χ4v) is 2.30. The molecule has 0 radical (unpaired) electrons. The third-order valence-corrected chi connectivity index (χ3v) is 3.53. The Hall–Kier alpha value is -0.800. The van der Waals surface area contributed by atoms with Gasteiger partial charge in [0.1, 0.15) is 5.03 Å². The van der Waals surface area contributed by atoms with Crippen LogP contribution in [0.1, 0.15) is 45.4 Å². The summed E-state index contributed by atoms with van der Waals surface area (Å²) in [5, 5.41) is 12.8. The van der Waals surface area contributed by atoms with Crippen LogP contribution in [0, 0.1) is 0 Å². The average molecular weight is 265 g/mol. The van der Waals surface area contributed by atoms with E-state index in [0.717, 1.165) is 24.3 Å². The molecule has 3 heteroatoms. The van der Waals surface area contributed by atoms with Gasteiger partial charge in [0.2, 0.25) is 0 Å². The predicted molar refractivity (Wildman–Crippen MR) is 78.6 cm³/mol. The molecule has 1 atom stereocenters. The van der Waals surface area contributed by atoms with Crippen LogP contribution < -0.4 is 0 Å². The quantitative estimate of drug-likeness (QED) is 0.530. The van der Waals surface area contributed by atoms with E-state index in [1.807, 2.05) is 29.7 Å². The molecule has 0 fully saturated rings. The highest BCUT2D eigenvalue weighted by Crippen LogP contribution is 2.16. The maximum atomic E-state index is 9.77. The summed E-state index contributed by atoms with van der Waals surface area (Å²) in [5.41, 5.74) is 0. The Morgan fingerprint density at radius 2 is 2.22 bits per heavy atom. The van der Waals surface area contributed by atoms with Crippen LogP contribution in [0.4, 0.5) is 0 Å². The molecule has 0 amide bonds. The fourth-order valence-electron chi connectivity index (χ4n) is 1.67. The van der Waals surface area contributed by atoms with Crippen LogP contribution in [0.15, 0.2) is 40.9 Å². The van der Waals surface area contributed by atoms with Gasteiger partial charge < -0.3 is 5.11 Å². The van der Waals surface area contributed by atoms with E-state index in [4.69, 9.17) is 0 Å². The standard InChI is InChI=1S/C15H23NOS/c1-2-3-4-5-9-14(17)10-8-13-18-15-11-6-7-12-16-15/h6-8,11-14,17H,2-5,9-10H2,1H3/b13-8-. The van der Waals surface area contributed by atoms with Gasteiger partial charge in [-0.1, -0.05) is 56.5 Å². The number of aliphatic hydroxyl groups is 1. The number of pyridine rings is 1. The molecular weight excluding hydrogens is 242 g/mol. The van der Waals surface area contributed by atoms with Crippen molar-refractivity contribution < 1.29 is 5.11 Å². The van der Waals surface area contributed by atoms with Gasteiger partial charge in [0.05, 0.1) is 6.10 Å². The molecule has 2 nitrogen and oxygen atoms in total. The number of rotatable bonds is 9. The smallest absolute Gasteiger partial charge is 0.100 e. The highest BCUT2D eigenvalue weighted by molar-refractivity contribution is 8.02. The number of nitrogens with zero attached hydrogens (tertiary/aromatic N) is 1. The Morgan fingerprint density at radius 1 is 1.33 bits per heavy atom. The molecule has 0 aromatic carbocycles. The zero-order valence-electron chi connectivity index (χ0n) is 11.1. The minimum absolute atomic E-state index is 0.192. The minimum atomic E-state index is -0.192. The number of unbranched alkanes of at least 4 members (excludes halogenated alkanes) is 3. The molecule has 0 aliphatic rings. The molecule has 1 N–H and O–H groups in total. The minimum Gasteiger partial charge on any atom is -0.393 e. The van der Waals surface area contributed by atoms with E-state index in [9.17, 15) is 5.11 Å². The molecule has 0 spiro atoms. The van der Waals surface area contributed by atoms with Crippen molar-refractivity contribution in [1.82, 2.24) is 4.98 Å². The summed E-state index contributed by atoms with van der Waals surface area (Å²) in [6.45, 7) is 2.20. The van der Waals surface area contributed by atoms with Crippen LogP contribution >= 0.6 is 11.8 Å². The molecule has 0 saturated heterocycles. The molecule has 100 valence electrons. The van der Waals surface area contributed by atoms with E-state index in [-0.39, 0.29) is 6.10 Å². The SMILES string of the molecule is CCCCCCC(O)C/C=C\Sc1ccccn1. The Morgan fingerprint density at radius 3 is 2.94 bits per heavy atom. The van der Waals surface area contributed by atoms with Crippen molar-refractivity contribution >= 4 is 11.8 Å². The summed E-state index contributed by atoms with van der Waals surface area (Å²) in [7, 11) is 0. The van der Waals surface area contributed by atoms with Crippen molar-refractivity contribution in [2.45, 2.75) is 56.6 Å². The second-order valence-electron chi connectivity index (χ2n) is 4.40. The first-order valence-electron chi connectivity index (χ1n) is 6.73. The molecule has 0 aliphatic heterocycles. The van der Waals surface area contributed by atoms with E-state index < -0.39 is 0 Å². The Balaban J connectivity index is 2.08. The Bertz CT molecular complexity index is 327. The number of thioether (sulfide) groups is 1. The third-order valence-electron chi connectivity index (χ3n) is 2.72. The Kier molecular flexibility index (Phi) is 8.61. The molecule has 18 heavy (non-hydrogen) atoms. The zero-order valence-corrected chi connectivity index (χ0v) is 11.9. The van der Waals surface area contributed by atoms with Crippen LogP contribution in [0.2, 0.25) is 0 Å². The van der Waals surface area contributed by atoms with Crippen molar-refractivity contribution in [2.24, 2.45) is 0 Å². The highest BCUT2D eigenvalue weighted by atomic mass is 32.2. The lowest BCUT2D eigenvalue weighted by Gasteiger charge is -2.06. The van der Waals surface area contributed by atoms with Gasteiger partial charge in [0.25, 0.3) is 0 Å². The second kappa shape index (κ2) is 10.2. The first-order chi connectivity index (χ1) is 8.83. The van der Waals surface area contributed by atoms with Gasteiger partial charge in [-0.2, -0.15) is 0 Å². The van der Waals surface area contributed by atoms with Crippen molar-refractivity contribution in [2.75, 3.05) is 0 Å². The predicted octanol–water partition coefficient (Wildman–Crippen LogP) is 4.41. The molecule has 1 heterocycles. The van der Waals surface area contributed by atoms with Gasteiger partial charge in [0, 0.05) is 6.20 Å². The molecule has 0 aliphatic carbocycles. The normalized spacial score (nSPS) is 13.0. The summed E-state index contributed by atoms with van der Waals surface area (Å²) in [6.07, 6.45) is 10.2. The molecule has 1 aromatic heterocycles. The number of hydrogen-bond acceptors (Lipinski definition) is 3. The van der Waals surface area contributed by atoms with E-state index in [1.54, 1.807) is 18.0 Å². The Labute approximate surface area is 115 Å². The third kappa shape index (κ3) is 7.51. The summed E-state index contributed by atoms with van der Waals surface area (Å²) in [6, 6.07) is 5.87. The fraction of sp³-hybridized carbons (Fsp3) is 0.533. The van der Waals surface area contributed by atoms with E-state index >= 15 is 0 Å². The summed E-state index contributed by atoms with van der Waals surface area (Å²) < 4.78 is 0. The van der Waals surface area contributed by atoms with Crippen LogP contribution in [-0.2, 0) is 0 Å². The molecule has 0 bridgehead atoms. The van der Waals surface area contributed by atoms with E-state index in [2.05, 4.69) is 11.9 Å². The van der Waals surface area contributed by atoms with E-state index in [0.29, 0.717) is 0 Å². The number of hydrogen-bond donors (Lipinski definition) is 1. The first kappa shape index (κ1) is 15.3. The zero-order chi connectivity index (χ0) is 13.1. The second-order valence-corrected chi connectivity index (χ2v) is 5.32. The van der Waals surface area contributed by atoms with E-state index in [1.165, 1.54) is 19.3 Å². The highest BCUT2D eigenvalue weighted by Gasteiger charge is 2.00. The van der Waals surface area contributed by atoms with Crippen molar-refractivity contribution in [3.63, 3.8) is 0 Å². The first-order valence-corrected chi connectivity index (χ1v) is 7.61. The van der Waals surface area contributed by atoms with Crippen molar-refractivity contribution in [1.29, 1.82) is 0 Å². The monoisotopic (exact) mass is 265 g/mol. The lowest BCUT2D eigenvalue weighted by atomic mass is 10.1. The van der Waals surface area contributed by atoms with Crippen molar-refractivity contribution in [3.05, 3.63) is 35.9 Å². The molecule has 1 unspecified atom stereocenters. The van der Waals surface area contributed by atoms with Gasteiger partial charge >= 0.3 is 0 Å². The van der Waals surface area contributed by atoms with Gasteiger partial charge in [-0.3, -0.25) is 0 Å². The molecule has 1 rings (SSSR count). The largest absolute Gasteiger partial charge is 0.393 e. The van der Waals surface area contributed by atoms with Crippen LogP contribution in [0.5, 0.6) is 0 Å². The summed E-state index contributed by atoms with van der Waals surface area (Å²) in [5.74, 6) is 0. The lowest BCUT2D eigenvalue weighted by Crippen LogP contribution is -2.04. The van der Waals surface area contributed by atoms with Gasteiger partial charge in [-0.15, -0.1) is 0 Å².